The molecule has 2 N–H and O–H groups in total. The number of ether oxygens (including phenoxy) is 1. The molecule has 1 amide bonds. The van der Waals surface area contributed by atoms with Gasteiger partial charge in [-0.25, -0.2) is 4.39 Å². The van der Waals surface area contributed by atoms with E-state index in [-0.39, 0.29) is 18.2 Å². The maximum Gasteiger partial charge on any atom is 0.245 e. The summed E-state index contributed by atoms with van der Waals surface area (Å²) in [4.78, 5) is 13.8. The Hall–Kier alpha value is -1.66. The Labute approximate surface area is 123 Å². The first-order valence-electron chi connectivity index (χ1n) is 7.14. The summed E-state index contributed by atoms with van der Waals surface area (Å²) in [6.45, 7) is 4.95. The average Bonchev–Trinajstić information content (AvgIpc) is 2.47. The maximum absolute atomic E-state index is 14.3. The number of nitrogens with one attached hydrogen (secondary N) is 1. The number of para-hydroxylation sites is 1. The molecular weight excluding hydrogens is 275 g/mol. The highest BCUT2D eigenvalue weighted by atomic mass is 19.1. The van der Waals surface area contributed by atoms with Crippen LogP contribution in [-0.4, -0.2) is 43.4 Å². The number of anilines is 1. The van der Waals surface area contributed by atoms with E-state index in [9.17, 15) is 14.3 Å². The van der Waals surface area contributed by atoms with E-state index in [4.69, 9.17) is 4.74 Å². The third-order valence-corrected chi connectivity index (χ3v) is 3.54. The Bertz CT molecular complexity index is 508. The van der Waals surface area contributed by atoms with E-state index in [1.807, 2.05) is 6.92 Å². The first kappa shape index (κ1) is 15.7. The molecule has 1 aromatic rings. The molecule has 1 fully saturated rings. The van der Waals surface area contributed by atoms with Crippen molar-refractivity contribution in [2.45, 2.75) is 26.0 Å². The van der Waals surface area contributed by atoms with Crippen LogP contribution in [0, 0.1) is 5.82 Å². The van der Waals surface area contributed by atoms with Crippen LogP contribution in [0.15, 0.2) is 18.2 Å². The summed E-state index contributed by atoms with van der Waals surface area (Å²) in [6, 6.07) is 3.98. The van der Waals surface area contributed by atoms with Gasteiger partial charge < -0.3 is 20.1 Å². The van der Waals surface area contributed by atoms with Crippen molar-refractivity contribution in [2.24, 2.45) is 0 Å². The number of nitrogens with zero attached hydrogens (tertiary/aromatic N) is 1. The smallest absolute Gasteiger partial charge is 0.245 e. The van der Waals surface area contributed by atoms with E-state index in [2.05, 4.69) is 5.32 Å². The van der Waals surface area contributed by atoms with E-state index in [1.165, 1.54) is 6.07 Å². The van der Waals surface area contributed by atoms with Crippen LogP contribution in [0.5, 0.6) is 0 Å². The van der Waals surface area contributed by atoms with Crippen molar-refractivity contribution in [2.75, 3.05) is 31.2 Å². The second-order valence-electron chi connectivity index (χ2n) is 5.03. The number of halogens is 1. The van der Waals surface area contributed by atoms with Gasteiger partial charge in [0.1, 0.15) is 11.9 Å². The number of amides is 1. The fourth-order valence-electron chi connectivity index (χ4n) is 2.55. The van der Waals surface area contributed by atoms with Gasteiger partial charge in [-0.2, -0.15) is 0 Å². The summed E-state index contributed by atoms with van der Waals surface area (Å²) in [5.41, 5.74) is 0.762. The lowest BCUT2D eigenvalue weighted by Crippen LogP contribution is -2.54. The molecule has 1 aromatic carbocycles. The molecule has 0 aliphatic carbocycles. The van der Waals surface area contributed by atoms with Crippen LogP contribution in [0.1, 0.15) is 25.5 Å². The lowest BCUT2D eigenvalue weighted by atomic mass is 10.0. The molecule has 21 heavy (non-hydrogen) atoms. The molecule has 0 aromatic heterocycles. The van der Waals surface area contributed by atoms with Crippen LogP contribution < -0.4 is 10.2 Å². The molecule has 1 heterocycles. The molecule has 116 valence electrons. The summed E-state index contributed by atoms with van der Waals surface area (Å²) in [7, 11) is 0. The number of aliphatic hydroxyl groups excluding tert-OH is 1. The van der Waals surface area contributed by atoms with Gasteiger partial charge in [0.15, 0.2) is 0 Å². The van der Waals surface area contributed by atoms with E-state index in [0.717, 1.165) is 0 Å². The lowest BCUT2D eigenvalue weighted by Gasteiger charge is -2.37. The van der Waals surface area contributed by atoms with Gasteiger partial charge >= 0.3 is 0 Å². The topological polar surface area (TPSA) is 61.8 Å². The predicted molar refractivity (Wildman–Crippen MR) is 77.7 cm³/mol. The zero-order valence-electron chi connectivity index (χ0n) is 12.3. The number of rotatable bonds is 4. The van der Waals surface area contributed by atoms with Crippen LogP contribution in [0.25, 0.3) is 0 Å². The number of hydrogen-bond acceptors (Lipinski definition) is 4. The van der Waals surface area contributed by atoms with E-state index in [0.29, 0.717) is 25.3 Å². The molecular formula is C15H21FN2O3. The van der Waals surface area contributed by atoms with Gasteiger partial charge in [0.2, 0.25) is 5.91 Å². The van der Waals surface area contributed by atoms with Crippen molar-refractivity contribution in [1.82, 2.24) is 5.32 Å². The van der Waals surface area contributed by atoms with Crippen LogP contribution in [0.2, 0.25) is 0 Å². The highest BCUT2D eigenvalue weighted by Gasteiger charge is 2.32. The highest BCUT2D eigenvalue weighted by molar-refractivity contribution is 5.86. The fourth-order valence-corrected chi connectivity index (χ4v) is 2.55. The molecule has 0 radical (unpaired) electrons. The number of hydrogen-bond donors (Lipinski definition) is 2. The molecule has 1 saturated heterocycles. The zero-order valence-corrected chi connectivity index (χ0v) is 12.3. The Balaban J connectivity index is 2.40. The number of aliphatic hydroxyl groups is 1. The molecule has 2 rings (SSSR count). The number of carbonyl (C=O) groups is 1. The number of morpholine rings is 1. The van der Waals surface area contributed by atoms with E-state index in [1.54, 1.807) is 24.0 Å². The molecule has 0 spiro atoms. The molecule has 1 unspecified atom stereocenters. The molecule has 1 aliphatic heterocycles. The van der Waals surface area contributed by atoms with Gasteiger partial charge in [0, 0.05) is 18.7 Å². The molecule has 0 saturated carbocycles. The molecule has 5 nitrogen and oxygen atoms in total. The summed E-state index contributed by atoms with van der Waals surface area (Å²) in [5, 5.41) is 12.6. The molecule has 6 heteroatoms. The first-order chi connectivity index (χ1) is 10.1. The summed E-state index contributed by atoms with van der Waals surface area (Å²) < 4.78 is 19.6. The maximum atomic E-state index is 14.3. The fraction of sp³-hybridized carbons (Fsp3) is 0.533. The van der Waals surface area contributed by atoms with Gasteiger partial charge in [0.25, 0.3) is 0 Å². The normalized spacial score (nSPS) is 20.2. The molecule has 1 aliphatic rings. The minimum absolute atomic E-state index is 0.197. The van der Waals surface area contributed by atoms with Crippen molar-refractivity contribution < 1.29 is 19.0 Å². The third-order valence-electron chi connectivity index (χ3n) is 3.54. The van der Waals surface area contributed by atoms with Crippen molar-refractivity contribution in [1.29, 1.82) is 0 Å². The zero-order chi connectivity index (χ0) is 15.4. The average molecular weight is 296 g/mol. The molecule has 2 atom stereocenters. The summed E-state index contributed by atoms with van der Waals surface area (Å²) in [5.74, 6) is -0.637. The van der Waals surface area contributed by atoms with E-state index < -0.39 is 18.0 Å². The van der Waals surface area contributed by atoms with Crippen LogP contribution in [0.3, 0.4) is 0 Å². The second-order valence-corrected chi connectivity index (χ2v) is 5.03. The lowest BCUT2D eigenvalue weighted by molar-refractivity contribution is -0.124. The Morgan fingerprint density at radius 3 is 3.05 bits per heavy atom. The molecule has 0 bridgehead atoms. The SMILES string of the molecule is CCNC(=O)C1COCCN1c1c(F)cccc1[C@H](C)O. The largest absolute Gasteiger partial charge is 0.389 e. The Kier molecular flexibility index (Phi) is 5.14. The Morgan fingerprint density at radius 2 is 2.38 bits per heavy atom. The van der Waals surface area contributed by atoms with Gasteiger partial charge in [-0.15, -0.1) is 0 Å². The first-order valence-corrected chi connectivity index (χ1v) is 7.14. The van der Waals surface area contributed by atoms with Gasteiger partial charge in [-0.1, -0.05) is 12.1 Å². The second kappa shape index (κ2) is 6.87. The van der Waals surface area contributed by atoms with Gasteiger partial charge in [-0.3, -0.25) is 4.79 Å². The monoisotopic (exact) mass is 296 g/mol. The number of likely N-dealkylation sites (N-methyl/N-ethyl adjacent to an activating group) is 1. The Morgan fingerprint density at radius 1 is 1.62 bits per heavy atom. The van der Waals surface area contributed by atoms with Gasteiger partial charge in [-0.05, 0) is 19.9 Å². The minimum atomic E-state index is -0.812. The number of benzene rings is 1. The van der Waals surface area contributed by atoms with Crippen molar-refractivity contribution in [3.63, 3.8) is 0 Å². The summed E-state index contributed by atoms with van der Waals surface area (Å²) in [6.07, 6.45) is -0.812. The number of carbonyl (C=O) groups excluding carboxylic acids is 1. The van der Waals surface area contributed by atoms with Crippen LogP contribution in [-0.2, 0) is 9.53 Å². The standard InChI is InChI=1S/C15H21FN2O3/c1-3-17-15(20)13-9-21-8-7-18(13)14-11(10(2)19)5-4-6-12(14)16/h4-6,10,13,19H,3,7-9H2,1-2H3,(H,17,20)/t10-,13?/m0/s1. The quantitative estimate of drug-likeness (QED) is 0.877. The predicted octanol–water partition coefficient (Wildman–Crippen LogP) is 1.22. The van der Waals surface area contributed by atoms with Gasteiger partial charge in [0.05, 0.1) is 25.0 Å². The summed E-state index contributed by atoms with van der Waals surface area (Å²) >= 11 is 0. The minimum Gasteiger partial charge on any atom is -0.389 e. The van der Waals surface area contributed by atoms with Crippen molar-refractivity contribution in [3.8, 4) is 0 Å². The van der Waals surface area contributed by atoms with Crippen molar-refractivity contribution >= 4 is 11.6 Å². The highest BCUT2D eigenvalue weighted by Crippen LogP contribution is 2.31. The van der Waals surface area contributed by atoms with Crippen LogP contribution in [0.4, 0.5) is 10.1 Å². The van der Waals surface area contributed by atoms with E-state index >= 15 is 0 Å². The van der Waals surface area contributed by atoms with Crippen molar-refractivity contribution in [3.05, 3.63) is 29.6 Å². The van der Waals surface area contributed by atoms with Crippen LogP contribution >= 0.6 is 0 Å². The third kappa shape index (κ3) is 3.33.